The topological polar surface area (TPSA) is 30.5 Å². The summed E-state index contributed by atoms with van der Waals surface area (Å²) < 4.78 is 11.4. The third-order valence-corrected chi connectivity index (χ3v) is 4.71. The molecule has 0 saturated heterocycles. The van der Waals surface area contributed by atoms with E-state index in [1.165, 1.54) is 0 Å². The van der Waals surface area contributed by atoms with E-state index in [0.29, 0.717) is 0 Å². The number of hydrogen-bond acceptors (Lipinski definition) is 3. The molecule has 2 aromatic rings. The Morgan fingerprint density at radius 1 is 0.600 bits per heavy atom. The number of unbranched alkanes of at least 4 members (excludes halogenated alkanes) is 2. The van der Waals surface area contributed by atoms with Crippen LogP contribution in [0.15, 0.2) is 48.5 Å². The first-order valence-electron chi connectivity index (χ1n) is 8.66. The van der Waals surface area contributed by atoms with E-state index in [9.17, 15) is 0 Å². The van der Waals surface area contributed by atoms with Gasteiger partial charge in [0.25, 0.3) is 0 Å². The van der Waals surface area contributed by atoms with Gasteiger partial charge >= 0.3 is 0 Å². The lowest BCUT2D eigenvalue weighted by molar-refractivity contribution is 0.310. The van der Waals surface area contributed by atoms with Crippen molar-refractivity contribution in [1.82, 2.24) is 0 Å². The molecule has 0 aliphatic rings. The van der Waals surface area contributed by atoms with Gasteiger partial charge in [-0.1, -0.05) is 31.9 Å². The molecule has 2 aromatic carbocycles. The van der Waals surface area contributed by atoms with E-state index >= 15 is 0 Å². The van der Waals surface area contributed by atoms with Crippen molar-refractivity contribution in [3.63, 3.8) is 0 Å². The number of rotatable bonds is 12. The standard InChI is InChI=1S/C20H25Br2NO2/c21-13-1-3-15-24-19-9-5-17(6-10-19)23-18-7-11-20(12-8-18)25-16-4-2-14-22/h5-12,23H,1-4,13-16H2. The fourth-order valence-corrected chi connectivity index (χ4v) is 3.00. The molecule has 3 nitrogen and oxygen atoms in total. The Morgan fingerprint density at radius 2 is 1.00 bits per heavy atom. The highest BCUT2D eigenvalue weighted by atomic mass is 79.9. The summed E-state index contributed by atoms with van der Waals surface area (Å²) in [5.74, 6) is 1.82. The Bertz CT molecular complexity index is 534. The maximum atomic E-state index is 5.72. The van der Waals surface area contributed by atoms with Gasteiger partial charge in [-0.3, -0.25) is 0 Å². The summed E-state index contributed by atoms with van der Waals surface area (Å²) in [4.78, 5) is 0. The highest BCUT2D eigenvalue weighted by Crippen LogP contribution is 2.22. The molecule has 0 atom stereocenters. The Balaban J connectivity index is 1.77. The Labute approximate surface area is 167 Å². The first-order valence-corrected chi connectivity index (χ1v) is 10.9. The Hall–Kier alpha value is -1.20. The summed E-state index contributed by atoms with van der Waals surface area (Å²) in [7, 11) is 0. The second-order valence-corrected chi connectivity index (χ2v) is 7.25. The molecule has 0 aliphatic heterocycles. The number of hydrogen-bond donors (Lipinski definition) is 1. The van der Waals surface area contributed by atoms with Crippen LogP contribution < -0.4 is 14.8 Å². The number of nitrogens with one attached hydrogen (secondary N) is 1. The molecule has 2 rings (SSSR count). The van der Waals surface area contributed by atoms with E-state index < -0.39 is 0 Å². The third-order valence-electron chi connectivity index (χ3n) is 3.59. The first kappa shape index (κ1) is 20.1. The molecule has 136 valence electrons. The van der Waals surface area contributed by atoms with Crippen molar-refractivity contribution < 1.29 is 9.47 Å². The molecule has 0 heterocycles. The second kappa shape index (κ2) is 12.2. The molecule has 0 radical (unpaired) electrons. The van der Waals surface area contributed by atoms with E-state index in [0.717, 1.165) is 72.4 Å². The van der Waals surface area contributed by atoms with Gasteiger partial charge in [-0.05, 0) is 74.2 Å². The Kier molecular flexibility index (Phi) is 9.82. The third kappa shape index (κ3) is 8.15. The lowest BCUT2D eigenvalue weighted by Crippen LogP contribution is -1.98. The average molecular weight is 471 g/mol. The highest BCUT2D eigenvalue weighted by Gasteiger charge is 1.99. The molecule has 1 N–H and O–H groups in total. The zero-order chi connectivity index (χ0) is 17.7. The maximum Gasteiger partial charge on any atom is 0.119 e. The average Bonchev–Trinajstić information content (AvgIpc) is 2.65. The number of alkyl halides is 2. The van der Waals surface area contributed by atoms with Crippen LogP contribution in [0.3, 0.4) is 0 Å². The van der Waals surface area contributed by atoms with Gasteiger partial charge in [0.05, 0.1) is 13.2 Å². The van der Waals surface area contributed by atoms with Crippen molar-refractivity contribution in [2.75, 3.05) is 29.2 Å². The molecule has 0 aromatic heterocycles. The van der Waals surface area contributed by atoms with Crippen LogP contribution in [0, 0.1) is 0 Å². The molecular weight excluding hydrogens is 446 g/mol. The normalized spacial score (nSPS) is 10.5. The van der Waals surface area contributed by atoms with E-state index in [1.54, 1.807) is 0 Å². The molecule has 0 spiro atoms. The van der Waals surface area contributed by atoms with Crippen molar-refractivity contribution in [1.29, 1.82) is 0 Å². The van der Waals surface area contributed by atoms with Crippen LogP contribution in [-0.2, 0) is 0 Å². The van der Waals surface area contributed by atoms with Crippen LogP contribution in [0.4, 0.5) is 11.4 Å². The van der Waals surface area contributed by atoms with Crippen molar-refractivity contribution in [2.45, 2.75) is 25.7 Å². The molecule has 0 fully saturated rings. The number of benzene rings is 2. The molecule has 5 heteroatoms. The Morgan fingerprint density at radius 3 is 1.36 bits per heavy atom. The van der Waals surface area contributed by atoms with Crippen molar-refractivity contribution in [2.24, 2.45) is 0 Å². The van der Waals surface area contributed by atoms with Crippen molar-refractivity contribution in [3.8, 4) is 11.5 Å². The van der Waals surface area contributed by atoms with Crippen molar-refractivity contribution in [3.05, 3.63) is 48.5 Å². The summed E-state index contributed by atoms with van der Waals surface area (Å²) in [6.07, 6.45) is 4.40. The molecule has 0 amide bonds. The summed E-state index contributed by atoms with van der Waals surface area (Å²) >= 11 is 6.85. The van der Waals surface area contributed by atoms with Gasteiger partial charge in [0, 0.05) is 22.0 Å². The van der Waals surface area contributed by atoms with Gasteiger partial charge in [-0.2, -0.15) is 0 Å². The number of halogens is 2. The summed E-state index contributed by atoms with van der Waals surface area (Å²) in [6, 6.07) is 16.1. The lowest BCUT2D eigenvalue weighted by atomic mass is 10.2. The minimum absolute atomic E-state index is 0.759. The van der Waals surface area contributed by atoms with Gasteiger partial charge in [0.2, 0.25) is 0 Å². The second-order valence-electron chi connectivity index (χ2n) is 5.66. The fraction of sp³-hybridized carbons (Fsp3) is 0.400. The quantitative estimate of drug-likeness (QED) is 0.282. The van der Waals surface area contributed by atoms with Crippen LogP contribution in [0.2, 0.25) is 0 Å². The summed E-state index contributed by atoms with van der Waals surface area (Å²) in [6.45, 7) is 1.52. The molecular formula is C20H25Br2NO2. The molecule has 0 unspecified atom stereocenters. The van der Waals surface area contributed by atoms with Gasteiger partial charge in [0.15, 0.2) is 0 Å². The lowest BCUT2D eigenvalue weighted by Gasteiger charge is -2.10. The monoisotopic (exact) mass is 469 g/mol. The largest absolute Gasteiger partial charge is 0.494 e. The van der Waals surface area contributed by atoms with Gasteiger partial charge < -0.3 is 14.8 Å². The van der Waals surface area contributed by atoms with Gasteiger partial charge in [0.1, 0.15) is 11.5 Å². The smallest absolute Gasteiger partial charge is 0.119 e. The van der Waals surface area contributed by atoms with Gasteiger partial charge in [-0.15, -0.1) is 0 Å². The van der Waals surface area contributed by atoms with Crippen LogP contribution in [0.25, 0.3) is 0 Å². The van der Waals surface area contributed by atoms with Crippen LogP contribution >= 0.6 is 31.9 Å². The summed E-state index contributed by atoms with van der Waals surface area (Å²) in [5.41, 5.74) is 2.08. The molecule has 0 saturated carbocycles. The van der Waals surface area contributed by atoms with E-state index in [2.05, 4.69) is 37.2 Å². The predicted octanol–water partition coefficient (Wildman–Crippen LogP) is 6.54. The maximum absolute atomic E-state index is 5.72. The number of ether oxygens (including phenoxy) is 2. The first-order chi connectivity index (χ1) is 12.3. The zero-order valence-electron chi connectivity index (χ0n) is 14.3. The van der Waals surface area contributed by atoms with Crippen molar-refractivity contribution >= 4 is 43.2 Å². The van der Waals surface area contributed by atoms with E-state index in [4.69, 9.17) is 9.47 Å². The molecule has 0 bridgehead atoms. The minimum Gasteiger partial charge on any atom is -0.494 e. The predicted molar refractivity (Wildman–Crippen MR) is 113 cm³/mol. The van der Waals surface area contributed by atoms with Crippen LogP contribution in [-0.4, -0.2) is 23.9 Å². The highest BCUT2D eigenvalue weighted by molar-refractivity contribution is 9.09. The van der Waals surface area contributed by atoms with E-state index in [1.807, 2.05) is 48.5 Å². The van der Waals surface area contributed by atoms with Gasteiger partial charge in [-0.25, -0.2) is 0 Å². The van der Waals surface area contributed by atoms with E-state index in [-0.39, 0.29) is 0 Å². The summed E-state index contributed by atoms with van der Waals surface area (Å²) in [5, 5.41) is 5.44. The number of anilines is 2. The van der Waals surface area contributed by atoms with Crippen LogP contribution in [0.1, 0.15) is 25.7 Å². The molecule has 25 heavy (non-hydrogen) atoms. The minimum atomic E-state index is 0.759. The SMILES string of the molecule is BrCCCCOc1ccc(Nc2ccc(OCCCCBr)cc2)cc1. The molecule has 0 aliphatic carbocycles. The zero-order valence-corrected chi connectivity index (χ0v) is 17.5. The van der Waals surface area contributed by atoms with Crippen LogP contribution in [0.5, 0.6) is 11.5 Å². The fourth-order valence-electron chi connectivity index (χ4n) is 2.21.